The van der Waals surface area contributed by atoms with Crippen molar-refractivity contribution in [2.75, 3.05) is 12.3 Å². The molecule has 2 aromatic heterocycles. The van der Waals surface area contributed by atoms with Gasteiger partial charge in [-0.2, -0.15) is 13.2 Å². The quantitative estimate of drug-likeness (QED) is 0.229. The van der Waals surface area contributed by atoms with Crippen LogP contribution < -0.4 is 5.73 Å². The molecule has 2 aliphatic rings. The second-order valence-corrected chi connectivity index (χ2v) is 10.6. The zero-order chi connectivity index (χ0) is 29.1. The maximum absolute atomic E-state index is 14.4. The number of hydrogen-bond donors (Lipinski definition) is 2. The third-order valence-corrected chi connectivity index (χ3v) is 8.02. The predicted molar refractivity (Wildman–Crippen MR) is 145 cm³/mol. The largest absolute Gasteiger partial charge is 0.416 e. The molecule has 0 radical (unpaired) electrons. The zero-order valence-corrected chi connectivity index (χ0v) is 22.2. The van der Waals surface area contributed by atoms with Crippen LogP contribution in [0.3, 0.4) is 0 Å². The van der Waals surface area contributed by atoms with Crippen LogP contribution >= 0.6 is 11.6 Å². The Morgan fingerprint density at radius 1 is 1.12 bits per heavy atom. The van der Waals surface area contributed by atoms with E-state index in [1.807, 2.05) is 11.0 Å². The number of nitrogen functional groups attached to an aromatic ring is 1. The number of nitrogens with zero attached hydrogens (tertiary/aromatic N) is 4. The van der Waals surface area contributed by atoms with Crippen molar-refractivity contribution in [2.24, 2.45) is 0 Å². The normalized spacial score (nSPS) is 20.0. The van der Waals surface area contributed by atoms with Gasteiger partial charge < -0.3 is 15.7 Å². The number of aromatic nitrogens is 3. The third kappa shape index (κ3) is 4.82. The van der Waals surface area contributed by atoms with E-state index in [-0.39, 0.29) is 29.2 Å². The van der Waals surface area contributed by atoms with Gasteiger partial charge in [0.1, 0.15) is 39.9 Å². The first-order valence-electron chi connectivity index (χ1n) is 13.0. The van der Waals surface area contributed by atoms with Gasteiger partial charge in [0.15, 0.2) is 0 Å². The molecular weight excluding hydrogens is 562 g/mol. The highest BCUT2D eigenvalue weighted by molar-refractivity contribution is 6.30. The van der Waals surface area contributed by atoms with E-state index in [9.17, 15) is 27.5 Å². The molecule has 4 aromatic rings. The van der Waals surface area contributed by atoms with Gasteiger partial charge in [0.05, 0.1) is 17.8 Å². The molecule has 2 aromatic carbocycles. The first kappa shape index (κ1) is 27.2. The molecule has 0 spiro atoms. The number of amides is 1. The molecule has 1 saturated heterocycles. The molecule has 0 aliphatic carbocycles. The average Bonchev–Trinajstić information content (AvgIpc) is 3.37. The fourth-order valence-electron chi connectivity index (χ4n) is 5.67. The molecule has 7 nitrogen and oxygen atoms in total. The van der Waals surface area contributed by atoms with Crippen LogP contribution in [0.2, 0.25) is 5.15 Å². The van der Waals surface area contributed by atoms with Crippen molar-refractivity contribution in [2.45, 2.75) is 43.5 Å². The number of carbonyl (C=O) groups excluding carboxylic acids is 1. The minimum atomic E-state index is -4.68. The van der Waals surface area contributed by atoms with Crippen LogP contribution in [-0.2, 0) is 11.0 Å². The number of rotatable bonds is 4. The van der Waals surface area contributed by atoms with Gasteiger partial charge in [-0.25, -0.2) is 14.4 Å². The van der Waals surface area contributed by atoms with Crippen LogP contribution in [-0.4, -0.2) is 42.9 Å². The Morgan fingerprint density at radius 2 is 1.88 bits per heavy atom. The molecule has 1 fully saturated rings. The number of halogens is 5. The van der Waals surface area contributed by atoms with Crippen molar-refractivity contribution >= 4 is 28.8 Å². The van der Waals surface area contributed by atoms with Gasteiger partial charge >= 0.3 is 6.18 Å². The summed E-state index contributed by atoms with van der Waals surface area (Å²) in [5.41, 5.74) is 6.43. The van der Waals surface area contributed by atoms with E-state index in [0.717, 1.165) is 12.8 Å². The molecule has 1 unspecified atom stereocenters. The van der Waals surface area contributed by atoms with E-state index in [1.54, 1.807) is 16.5 Å². The van der Waals surface area contributed by atoms with E-state index < -0.39 is 29.2 Å². The number of imidazole rings is 1. The summed E-state index contributed by atoms with van der Waals surface area (Å²) in [5, 5.41) is 11.0. The summed E-state index contributed by atoms with van der Waals surface area (Å²) in [5.74, 6) is -0.201. The van der Waals surface area contributed by atoms with Gasteiger partial charge in [-0.1, -0.05) is 48.0 Å². The van der Waals surface area contributed by atoms with Gasteiger partial charge in [-0.15, -0.1) is 0 Å². The lowest BCUT2D eigenvalue weighted by Crippen LogP contribution is -2.47. The Hall–Kier alpha value is -3.96. The zero-order valence-electron chi connectivity index (χ0n) is 21.4. The maximum Gasteiger partial charge on any atom is 0.416 e. The molecule has 41 heavy (non-hydrogen) atoms. The summed E-state index contributed by atoms with van der Waals surface area (Å²) < 4.78 is 55.6. The summed E-state index contributed by atoms with van der Waals surface area (Å²) in [4.78, 5) is 23.5. The van der Waals surface area contributed by atoms with Crippen LogP contribution in [0.1, 0.15) is 53.8 Å². The Kier molecular flexibility index (Phi) is 6.74. The van der Waals surface area contributed by atoms with Crippen molar-refractivity contribution in [3.8, 4) is 11.3 Å². The van der Waals surface area contributed by atoms with Crippen molar-refractivity contribution in [1.82, 2.24) is 19.3 Å². The van der Waals surface area contributed by atoms with Gasteiger partial charge in [0, 0.05) is 30.0 Å². The molecule has 4 heterocycles. The Morgan fingerprint density at radius 3 is 2.61 bits per heavy atom. The van der Waals surface area contributed by atoms with Crippen LogP contribution in [0, 0.1) is 5.82 Å². The molecule has 2 aliphatic heterocycles. The third-order valence-electron chi connectivity index (χ3n) is 7.75. The number of piperidine rings is 1. The second-order valence-electron chi connectivity index (χ2n) is 10.2. The number of aliphatic hydroxyl groups is 1. The lowest BCUT2D eigenvalue weighted by atomic mass is 9.90. The monoisotopic (exact) mass is 585 g/mol. The SMILES string of the molecule is Nc1ncc(Cl)n2c([C@@H]3CC[C@H]4C=CCC(=O)N4C3)nc(-c3ccc(C(O)c4cc(C(F)(F)F)ccc4F)cc3)c12. The lowest BCUT2D eigenvalue weighted by molar-refractivity contribution is -0.137. The van der Waals surface area contributed by atoms with Crippen LogP contribution in [0.15, 0.2) is 60.8 Å². The molecule has 3 N–H and O–H groups in total. The molecule has 0 saturated carbocycles. The highest BCUT2D eigenvalue weighted by Gasteiger charge is 2.35. The first-order chi connectivity index (χ1) is 19.5. The number of fused-ring (bicyclic) bond motifs is 2. The Bertz CT molecular complexity index is 1690. The second kappa shape index (κ2) is 10.1. The number of nitrogens with two attached hydrogens (primary N) is 1. The van der Waals surface area contributed by atoms with Gasteiger partial charge in [0.2, 0.25) is 5.91 Å². The summed E-state index contributed by atoms with van der Waals surface area (Å²) in [7, 11) is 0. The molecule has 0 bridgehead atoms. The van der Waals surface area contributed by atoms with Crippen LogP contribution in [0.4, 0.5) is 23.4 Å². The van der Waals surface area contributed by atoms with E-state index >= 15 is 0 Å². The molecule has 1 amide bonds. The van der Waals surface area contributed by atoms with Gasteiger partial charge in [0.25, 0.3) is 0 Å². The number of aliphatic hydroxyl groups excluding tert-OH is 1. The number of alkyl halides is 3. The number of anilines is 1. The number of hydrogen-bond acceptors (Lipinski definition) is 5. The van der Waals surface area contributed by atoms with Crippen molar-refractivity contribution in [3.05, 3.63) is 94.3 Å². The average molecular weight is 586 g/mol. The lowest BCUT2D eigenvalue weighted by Gasteiger charge is -2.39. The highest BCUT2D eigenvalue weighted by atomic mass is 35.5. The van der Waals surface area contributed by atoms with Crippen LogP contribution in [0.25, 0.3) is 16.8 Å². The fourth-order valence-corrected chi connectivity index (χ4v) is 5.89. The topological polar surface area (TPSA) is 96.8 Å². The van der Waals surface area contributed by atoms with E-state index in [2.05, 4.69) is 11.1 Å². The fraction of sp³-hybridized carbons (Fsp3) is 0.276. The van der Waals surface area contributed by atoms with Gasteiger partial charge in [-0.05, 0) is 36.6 Å². The molecule has 6 rings (SSSR count). The minimum absolute atomic E-state index is 0.0565. The smallest absolute Gasteiger partial charge is 0.384 e. The molecule has 212 valence electrons. The summed E-state index contributed by atoms with van der Waals surface area (Å²) in [6.07, 6.45) is 0.976. The molecule has 12 heteroatoms. The standard InChI is InChI=1S/C29H24ClF4N5O2/c30-22-13-36-27(35)25-24(37-28(39(22)25)17-8-10-19-2-1-3-23(40)38(19)14-17)15-4-6-16(7-5-15)26(41)20-12-18(29(32,33)34)9-11-21(20)31/h1-2,4-7,9,11-13,17,19,26,41H,3,8,10,14H2,(H2,35,36)/t17-,19-,26?/m1/s1. The maximum atomic E-state index is 14.4. The Balaban J connectivity index is 1.37. The van der Waals surface area contributed by atoms with Crippen molar-refractivity contribution < 1.29 is 27.5 Å². The Labute approximate surface area is 236 Å². The first-order valence-corrected chi connectivity index (χ1v) is 13.3. The van der Waals surface area contributed by atoms with Crippen LogP contribution in [0.5, 0.6) is 0 Å². The van der Waals surface area contributed by atoms with E-state index in [0.29, 0.717) is 58.9 Å². The highest BCUT2D eigenvalue weighted by Crippen LogP contribution is 2.39. The van der Waals surface area contributed by atoms with Crippen molar-refractivity contribution in [3.63, 3.8) is 0 Å². The number of carbonyl (C=O) groups is 1. The summed E-state index contributed by atoms with van der Waals surface area (Å²) in [6.45, 7) is 0.471. The van der Waals surface area contributed by atoms with E-state index in [4.69, 9.17) is 22.3 Å². The van der Waals surface area contributed by atoms with Crippen molar-refractivity contribution in [1.29, 1.82) is 0 Å². The predicted octanol–water partition coefficient (Wildman–Crippen LogP) is 5.91. The summed E-state index contributed by atoms with van der Waals surface area (Å²) >= 11 is 6.58. The van der Waals surface area contributed by atoms with E-state index in [1.165, 1.54) is 18.3 Å². The summed E-state index contributed by atoms with van der Waals surface area (Å²) in [6, 6.07) is 8.19. The molecular formula is C29H24ClF4N5O2. The molecule has 3 atom stereocenters. The number of benzene rings is 2. The van der Waals surface area contributed by atoms with Gasteiger partial charge in [-0.3, -0.25) is 9.20 Å². The minimum Gasteiger partial charge on any atom is -0.384 e.